The second kappa shape index (κ2) is 12.1. The molecule has 4 N–H and O–H groups in total. The fourth-order valence-electron chi connectivity index (χ4n) is 5.44. The van der Waals surface area contributed by atoms with Gasteiger partial charge in [-0.1, -0.05) is 61.7 Å². The molecule has 1 aromatic heterocycles. The SMILES string of the molecule is CC1CCCCC1NC(=O)CN(CCC1=CCCCC1)c1c(N)n(Cc2ccccc2)c(=O)[nH]c1=O. The first kappa shape index (κ1) is 25.8. The molecule has 8 heteroatoms. The van der Waals surface area contributed by atoms with E-state index in [1.165, 1.54) is 23.0 Å². The number of hydrogen-bond acceptors (Lipinski definition) is 5. The summed E-state index contributed by atoms with van der Waals surface area (Å²) in [5.74, 6) is 0.403. The fraction of sp³-hybridized carbons (Fsp3) is 0.536. The van der Waals surface area contributed by atoms with Gasteiger partial charge < -0.3 is 16.0 Å². The molecule has 2 aliphatic rings. The van der Waals surface area contributed by atoms with Crippen LogP contribution in [0.1, 0.15) is 70.3 Å². The molecule has 0 aliphatic heterocycles. The number of nitrogen functional groups attached to an aromatic ring is 1. The van der Waals surface area contributed by atoms with E-state index in [9.17, 15) is 14.4 Å². The first-order chi connectivity index (χ1) is 17.4. The maximum atomic E-state index is 13.2. The first-order valence-electron chi connectivity index (χ1n) is 13.3. The van der Waals surface area contributed by atoms with Crippen molar-refractivity contribution in [1.29, 1.82) is 0 Å². The molecule has 1 fully saturated rings. The summed E-state index contributed by atoms with van der Waals surface area (Å²) in [6.45, 7) is 2.92. The van der Waals surface area contributed by atoms with Crippen molar-refractivity contribution in [2.45, 2.75) is 77.3 Å². The summed E-state index contributed by atoms with van der Waals surface area (Å²) in [5.41, 5.74) is 7.80. The Morgan fingerprint density at radius 1 is 1.14 bits per heavy atom. The van der Waals surface area contributed by atoms with Crippen LogP contribution in [0.15, 0.2) is 51.6 Å². The molecule has 1 aromatic carbocycles. The minimum atomic E-state index is -0.557. The first-order valence-corrected chi connectivity index (χ1v) is 13.3. The number of nitrogens with zero attached hydrogens (tertiary/aromatic N) is 2. The zero-order valence-corrected chi connectivity index (χ0v) is 21.3. The van der Waals surface area contributed by atoms with Crippen molar-refractivity contribution in [3.05, 3.63) is 68.4 Å². The van der Waals surface area contributed by atoms with Crippen LogP contribution in [0.3, 0.4) is 0 Å². The number of benzene rings is 1. The van der Waals surface area contributed by atoms with Crippen LogP contribution in [0.4, 0.5) is 11.5 Å². The third-order valence-corrected chi connectivity index (χ3v) is 7.59. The molecule has 0 saturated heterocycles. The van der Waals surface area contributed by atoms with Crippen LogP contribution in [-0.2, 0) is 11.3 Å². The molecule has 2 atom stereocenters. The third kappa shape index (κ3) is 6.47. The minimum Gasteiger partial charge on any atom is -0.383 e. The van der Waals surface area contributed by atoms with Gasteiger partial charge in [-0.2, -0.15) is 0 Å². The van der Waals surface area contributed by atoms with Crippen LogP contribution in [0.25, 0.3) is 0 Å². The standard InChI is InChI=1S/C28H39N5O3/c1-20-10-8-9-15-23(20)30-24(34)19-32(17-16-21-11-4-2-5-12-21)25-26(29)33(28(36)31-27(25)35)18-22-13-6-3-7-14-22/h3,6-7,11,13-14,20,23H,2,4-5,8-10,12,15-19,29H2,1H3,(H,30,34)(H,31,35,36). The van der Waals surface area contributed by atoms with Crippen LogP contribution in [0.2, 0.25) is 0 Å². The maximum absolute atomic E-state index is 13.2. The Bertz CT molecular complexity index is 1180. The number of hydrogen-bond donors (Lipinski definition) is 3. The molecule has 194 valence electrons. The largest absolute Gasteiger partial charge is 0.383 e. The molecule has 8 nitrogen and oxygen atoms in total. The van der Waals surface area contributed by atoms with E-state index in [0.29, 0.717) is 12.5 Å². The summed E-state index contributed by atoms with van der Waals surface area (Å²) < 4.78 is 1.38. The molecule has 2 aromatic rings. The summed E-state index contributed by atoms with van der Waals surface area (Å²) in [5, 5.41) is 3.19. The molecule has 4 rings (SSSR count). The number of aromatic amines is 1. The number of nitrogens with one attached hydrogen (secondary N) is 2. The molecule has 0 bridgehead atoms. The van der Waals surface area contributed by atoms with E-state index in [-0.39, 0.29) is 36.5 Å². The van der Waals surface area contributed by atoms with Gasteiger partial charge >= 0.3 is 5.69 Å². The average molecular weight is 494 g/mol. The molecular formula is C28H39N5O3. The number of H-pyrrole nitrogens is 1. The third-order valence-electron chi connectivity index (χ3n) is 7.59. The normalized spacial score (nSPS) is 20.0. The van der Waals surface area contributed by atoms with Crippen molar-refractivity contribution < 1.29 is 4.79 Å². The number of rotatable bonds is 9. The highest BCUT2D eigenvalue weighted by molar-refractivity contribution is 5.82. The second-order valence-electron chi connectivity index (χ2n) is 10.3. The van der Waals surface area contributed by atoms with Gasteiger partial charge in [-0.05, 0) is 56.4 Å². The number of aromatic nitrogens is 2. The van der Waals surface area contributed by atoms with E-state index < -0.39 is 11.2 Å². The monoisotopic (exact) mass is 493 g/mol. The summed E-state index contributed by atoms with van der Waals surface area (Å²) in [7, 11) is 0. The van der Waals surface area contributed by atoms with Crippen LogP contribution in [-0.4, -0.2) is 34.6 Å². The highest BCUT2D eigenvalue weighted by atomic mass is 16.2. The highest BCUT2D eigenvalue weighted by Crippen LogP contribution is 2.25. The van der Waals surface area contributed by atoms with E-state index in [1.54, 1.807) is 4.90 Å². The smallest absolute Gasteiger partial charge is 0.330 e. The van der Waals surface area contributed by atoms with Gasteiger partial charge in [0, 0.05) is 12.6 Å². The van der Waals surface area contributed by atoms with Crippen molar-refractivity contribution in [1.82, 2.24) is 14.9 Å². The van der Waals surface area contributed by atoms with Crippen molar-refractivity contribution >= 4 is 17.4 Å². The molecule has 36 heavy (non-hydrogen) atoms. The Morgan fingerprint density at radius 3 is 2.64 bits per heavy atom. The van der Waals surface area contributed by atoms with Gasteiger partial charge in [-0.15, -0.1) is 0 Å². The summed E-state index contributed by atoms with van der Waals surface area (Å²) in [4.78, 5) is 43.1. The number of carbonyl (C=O) groups is 1. The zero-order chi connectivity index (χ0) is 25.5. The molecule has 1 amide bonds. The Kier molecular flexibility index (Phi) is 8.67. The summed E-state index contributed by atoms with van der Waals surface area (Å²) in [6.07, 6.45) is 11.9. The predicted molar refractivity (Wildman–Crippen MR) is 144 cm³/mol. The van der Waals surface area contributed by atoms with E-state index >= 15 is 0 Å². The van der Waals surface area contributed by atoms with Gasteiger partial charge in [0.2, 0.25) is 5.91 Å². The van der Waals surface area contributed by atoms with Crippen LogP contribution in [0, 0.1) is 5.92 Å². The van der Waals surface area contributed by atoms with Crippen LogP contribution in [0.5, 0.6) is 0 Å². The molecular weight excluding hydrogens is 454 g/mol. The quantitative estimate of drug-likeness (QED) is 0.462. The van der Waals surface area contributed by atoms with Gasteiger partial charge in [-0.25, -0.2) is 4.79 Å². The zero-order valence-electron chi connectivity index (χ0n) is 21.3. The Morgan fingerprint density at radius 2 is 1.92 bits per heavy atom. The average Bonchev–Trinajstić information content (AvgIpc) is 2.87. The van der Waals surface area contributed by atoms with Gasteiger partial charge in [-0.3, -0.25) is 19.1 Å². The van der Waals surface area contributed by atoms with Gasteiger partial charge in [0.1, 0.15) is 11.5 Å². The van der Waals surface area contributed by atoms with Crippen molar-refractivity contribution in [2.24, 2.45) is 5.92 Å². The lowest BCUT2D eigenvalue weighted by atomic mass is 9.86. The number of nitrogens with two attached hydrogens (primary N) is 1. The predicted octanol–water partition coefficient (Wildman–Crippen LogP) is 3.56. The number of allylic oxidation sites excluding steroid dienone is 1. The van der Waals surface area contributed by atoms with E-state index in [1.807, 2.05) is 30.3 Å². The minimum absolute atomic E-state index is 0.0212. The Balaban J connectivity index is 1.61. The molecule has 2 aliphatic carbocycles. The lowest BCUT2D eigenvalue weighted by Gasteiger charge is -2.31. The van der Waals surface area contributed by atoms with E-state index in [4.69, 9.17) is 5.73 Å². The summed E-state index contributed by atoms with van der Waals surface area (Å²) in [6, 6.07) is 9.65. The second-order valence-corrected chi connectivity index (χ2v) is 10.3. The Hall–Kier alpha value is -3.29. The van der Waals surface area contributed by atoms with E-state index in [0.717, 1.165) is 50.5 Å². The molecule has 1 heterocycles. The highest BCUT2D eigenvalue weighted by Gasteiger charge is 2.26. The van der Waals surface area contributed by atoms with Crippen molar-refractivity contribution in [2.75, 3.05) is 23.7 Å². The van der Waals surface area contributed by atoms with Gasteiger partial charge in [0.25, 0.3) is 5.56 Å². The van der Waals surface area contributed by atoms with Crippen molar-refractivity contribution in [3.63, 3.8) is 0 Å². The van der Waals surface area contributed by atoms with Crippen LogP contribution < -0.4 is 27.2 Å². The molecule has 1 saturated carbocycles. The van der Waals surface area contributed by atoms with Crippen molar-refractivity contribution in [3.8, 4) is 0 Å². The Labute approximate surface area is 212 Å². The topological polar surface area (TPSA) is 113 Å². The van der Waals surface area contributed by atoms with E-state index in [2.05, 4.69) is 23.3 Å². The lowest BCUT2D eigenvalue weighted by molar-refractivity contribution is -0.121. The number of amides is 1. The molecule has 0 radical (unpaired) electrons. The summed E-state index contributed by atoms with van der Waals surface area (Å²) >= 11 is 0. The van der Waals surface area contributed by atoms with Gasteiger partial charge in [0.15, 0.2) is 0 Å². The molecule has 0 spiro atoms. The van der Waals surface area contributed by atoms with Gasteiger partial charge in [0.05, 0.1) is 13.1 Å². The van der Waals surface area contributed by atoms with Crippen LogP contribution >= 0.6 is 0 Å². The number of carbonyl (C=O) groups excluding carboxylic acids is 1. The lowest BCUT2D eigenvalue weighted by Crippen LogP contribution is -2.47. The fourth-order valence-corrected chi connectivity index (χ4v) is 5.44. The maximum Gasteiger partial charge on any atom is 0.330 e. The number of anilines is 2. The molecule has 2 unspecified atom stereocenters.